The van der Waals surface area contributed by atoms with E-state index in [1.165, 1.54) is 24.3 Å². The van der Waals surface area contributed by atoms with E-state index in [0.29, 0.717) is 10.8 Å². The Labute approximate surface area is 106 Å². The number of hydrogen-bond acceptors (Lipinski definition) is 4. The van der Waals surface area contributed by atoms with Gasteiger partial charge in [0.2, 0.25) is 0 Å². The molecule has 6 nitrogen and oxygen atoms in total. The number of fused-ring (bicyclic) bond motifs is 1. The fraction of sp³-hybridized carbons (Fsp3) is 0. The molecular weight excluding hydrogens is 280 g/mol. The molecule has 8 heteroatoms. The summed E-state index contributed by atoms with van der Waals surface area (Å²) in [6, 6.07) is 4.83. The third kappa shape index (κ3) is 2.23. The minimum Gasteiger partial charge on any atom is -0.507 e. The van der Waals surface area contributed by atoms with Gasteiger partial charge in [0.15, 0.2) is 22.2 Å². The summed E-state index contributed by atoms with van der Waals surface area (Å²) in [5.74, 6) is -0.777. The SMILES string of the molecule is O=S(O)c1cc2cc(S(=O)O)c(O)cc2cc1O. The molecule has 18 heavy (non-hydrogen) atoms. The zero-order valence-corrected chi connectivity index (χ0v) is 10.4. The minimum atomic E-state index is -2.37. The van der Waals surface area contributed by atoms with Crippen LogP contribution >= 0.6 is 0 Å². The van der Waals surface area contributed by atoms with Crippen LogP contribution in [0.1, 0.15) is 0 Å². The van der Waals surface area contributed by atoms with Crippen LogP contribution < -0.4 is 0 Å². The fourth-order valence-electron chi connectivity index (χ4n) is 1.56. The lowest BCUT2D eigenvalue weighted by Gasteiger charge is -2.06. The first-order valence-electron chi connectivity index (χ1n) is 4.61. The van der Waals surface area contributed by atoms with Crippen LogP contribution in [0.2, 0.25) is 0 Å². The summed E-state index contributed by atoms with van der Waals surface area (Å²) >= 11 is -4.74. The molecule has 0 fully saturated rings. The first-order valence-corrected chi connectivity index (χ1v) is 6.83. The fourth-order valence-corrected chi connectivity index (χ4v) is 2.49. The van der Waals surface area contributed by atoms with Crippen molar-refractivity contribution in [3.63, 3.8) is 0 Å². The summed E-state index contributed by atoms with van der Waals surface area (Å²) in [5, 5.41) is 19.8. The van der Waals surface area contributed by atoms with Gasteiger partial charge in [-0.2, -0.15) is 0 Å². The molecule has 2 unspecified atom stereocenters. The highest BCUT2D eigenvalue weighted by molar-refractivity contribution is 7.79. The zero-order valence-electron chi connectivity index (χ0n) is 8.73. The van der Waals surface area contributed by atoms with Crippen LogP contribution in [0.15, 0.2) is 34.1 Å². The normalized spacial score (nSPS) is 14.6. The van der Waals surface area contributed by atoms with Crippen LogP contribution in [-0.4, -0.2) is 27.7 Å². The molecule has 96 valence electrons. The standard InChI is InChI=1S/C10H8O6S2/c11-7-1-5-2-8(12)10(18(15)16)4-6(5)3-9(7)17(13)14/h1-4,11-12H,(H,13,14)(H,15,16). The molecule has 0 amide bonds. The van der Waals surface area contributed by atoms with Crippen molar-refractivity contribution in [3.05, 3.63) is 24.3 Å². The average Bonchev–Trinajstić information content (AvgIpc) is 2.26. The summed E-state index contributed by atoms with van der Waals surface area (Å²) in [6.07, 6.45) is 0. The molecule has 2 aromatic rings. The largest absolute Gasteiger partial charge is 0.507 e. The molecule has 0 saturated heterocycles. The average molecular weight is 288 g/mol. The van der Waals surface area contributed by atoms with Crippen molar-refractivity contribution in [2.75, 3.05) is 0 Å². The molecular formula is C10H8O6S2. The van der Waals surface area contributed by atoms with Crippen LogP contribution in [0.25, 0.3) is 10.8 Å². The van der Waals surface area contributed by atoms with Gasteiger partial charge in [0, 0.05) is 0 Å². The van der Waals surface area contributed by atoms with Gasteiger partial charge >= 0.3 is 0 Å². The Hall–Kier alpha value is -1.48. The first-order chi connectivity index (χ1) is 8.40. The van der Waals surface area contributed by atoms with E-state index in [-0.39, 0.29) is 21.3 Å². The third-order valence-corrected chi connectivity index (χ3v) is 3.78. The van der Waals surface area contributed by atoms with E-state index in [1.807, 2.05) is 0 Å². The maximum Gasteiger partial charge on any atom is 0.190 e. The Balaban J connectivity index is 2.79. The maximum atomic E-state index is 10.9. The van der Waals surface area contributed by atoms with Crippen LogP contribution in [-0.2, 0) is 22.2 Å². The smallest absolute Gasteiger partial charge is 0.190 e. The molecule has 2 rings (SSSR count). The predicted molar refractivity (Wildman–Crippen MR) is 65.4 cm³/mol. The second-order valence-corrected chi connectivity index (χ2v) is 5.36. The number of benzene rings is 2. The van der Waals surface area contributed by atoms with Gasteiger partial charge in [-0.05, 0) is 35.0 Å². The number of phenols is 2. The molecule has 0 aliphatic carbocycles. The quantitative estimate of drug-likeness (QED) is 0.621. The van der Waals surface area contributed by atoms with Gasteiger partial charge in [-0.3, -0.25) is 0 Å². The van der Waals surface area contributed by atoms with E-state index in [9.17, 15) is 18.6 Å². The summed E-state index contributed by atoms with van der Waals surface area (Å²) in [4.78, 5) is -0.411. The number of rotatable bonds is 2. The van der Waals surface area contributed by atoms with E-state index in [1.54, 1.807) is 0 Å². The minimum absolute atomic E-state index is 0.206. The number of phenolic OH excluding ortho intramolecular Hbond substituents is 2. The van der Waals surface area contributed by atoms with Crippen molar-refractivity contribution in [2.24, 2.45) is 0 Å². The molecule has 0 heterocycles. The zero-order chi connectivity index (χ0) is 13.4. The van der Waals surface area contributed by atoms with Crippen molar-refractivity contribution < 1.29 is 27.7 Å². The second-order valence-electron chi connectivity index (χ2n) is 3.49. The van der Waals surface area contributed by atoms with Crippen molar-refractivity contribution in [3.8, 4) is 11.5 Å². The molecule has 0 aliphatic rings. The van der Waals surface area contributed by atoms with Crippen LogP contribution in [0.3, 0.4) is 0 Å². The Kier molecular flexibility index (Phi) is 3.35. The van der Waals surface area contributed by atoms with Crippen molar-refractivity contribution in [2.45, 2.75) is 9.79 Å². The molecule has 0 aromatic heterocycles. The highest BCUT2D eigenvalue weighted by Gasteiger charge is 2.13. The molecule has 0 saturated carbocycles. The van der Waals surface area contributed by atoms with E-state index in [0.717, 1.165) is 0 Å². The third-order valence-electron chi connectivity index (χ3n) is 2.37. The number of aromatic hydroxyl groups is 2. The van der Waals surface area contributed by atoms with E-state index in [2.05, 4.69) is 0 Å². The second kappa shape index (κ2) is 4.65. The van der Waals surface area contributed by atoms with Gasteiger partial charge in [0.05, 0.1) is 0 Å². The highest BCUT2D eigenvalue weighted by atomic mass is 32.2. The van der Waals surface area contributed by atoms with E-state index in [4.69, 9.17) is 9.11 Å². The highest BCUT2D eigenvalue weighted by Crippen LogP contribution is 2.32. The van der Waals surface area contributed by atoms with Gasteiger partial charge in [-0.15, -0.1) is 0 Å². The lowest BCUT2D eigenvalue weighted by atomic mass is 10.1. The van der Waals surface area contributed by atoms with Gasteiger partial charge in [-0.1, -0.05) is 0 Å². The van der Waals surface area contributed by atoms with Crippen molar-refractivity contribution in [1.82, 2.24) is 0 Å². The Bertz CT molecular complexity index is 627. The Morgan fingerprint density at radius 2 is 1.06 bits per heavy atom. The summed E-state index contributed by atoms with van der Waals surface area (Å²) in [6.45, 7) is 0. The summed E-state index contributed by atoms with van der Waals surface area (Å²) in [7, 11) is 0. The molecule has 0 bridgehead atoms. The van der Waals surface area contributed by atoms with Crippen LogP contribution in [0.5, 0.6) is 11.5 Å². The molecule has 4 N–H and O–H groups in total. The Morgan fingerprint density at radius 1 is 0.722 bits per heavy atom. The number of hydrogen-bond donors (Lipinski definition) is 4. The maximum absolute atomic E-state index is 10.9. The van der Waals surface area contributed by atoms with Gasteiger partial charge in [0.1, 0.15) is 21.3 Å². The summed E-state index contributed by atoms with van der Waals surface area (Å²) < 4.78 is 39.8. The van der Waals surface area contributed by atoms with E-state index < -0.39 is 22.2 Å². The van der Waals surface area contributed by atoms with Crippen LogP contribution in [0, 0.1) is 0 Å². The van der Waals surface area contributed by atoms with E-state index >= 15 is 0 Å². The monoisotopic (exact) mass is 288 g/mol. The van der Waals surface area contributed by atoms with Crippen LogP contribution in [0.4, 0.5) is 0 Å². The topological polar surface area (TPSA) is 115 Å². The molecule has 0 radical (unpaired) electrons. The Morgan fingerprint density at radius 3 is 1.39 bits per heavy atom. The summed E-state index contributed by atoms with van der Waals surface area (Å²) in [5.41, 5.74) is 0. The first kappa shape index (κ1) is 13.0. The van der Waals surface area contributed by atoms with Crippen molar-refractivity contribution >= 4 is 32.9 Å². The van der Waals surface area contributed by atoms with Gasteiger partial charge in [0.25, 0.3) is 0 Å². The molecule has 2 aromatic carbocycles. The molecule has 0 aliphatic heterocycles. The molecule has 2 atom stereocenters. The van der Waals surface area contributed by atoms with Gasteiger partial charge in [-0.25, -0.2) is 8.42 Å². The predicted octanol–water partition coefficient (Wildman–Crippen LogP) is 1.41. The lowest BCUT2D eigenvalue weighted by molar-refractivity contribution is 0.456. The van der Waals surface area contributed by atoms with Crippen molar-refractivity contribution in [1.29, 1.82) is 0 Å². The lowest BCUT2D eigenvalue weighted by Crippen LogP contribution is -1.92. The molecule has 0 spiro atoms. The van der Waals surface area contributed by atoms with Gasteiger partial charge < -0.3 is 19.3 Å².